The first-order valence-electron chi connectivity index (χ1n) is 18.3. The van der Waals surface area contributed by atoms with Crippen molar-refractivity contribution in [3.63, 3.8) is 0 Å². The van der Waals surface area contributed by atoms with E-state index in [-0.39, 0.29) is 40.0 Å². The molecule has 9 rings (SSSR count). The van der Waals surface area contributed by atoms with Crippen LogP contribution in [0.5, 0.6) is 5.75 Å². The number of ketones is 1. The number of fused-ring (bicyclic) bond motifs is 1. The van der Waals surface area contributed by atoms with E-state index in [9.17, 15) is 15.0 Å². The van der Waals surface area contributed by atoms with Crippen molar-refractivity contribution >= 4 is 23.1 Å². The second-order valence-electron chi connectivity index (χ2n) is 16.5. The molecule has 6 aliphatic carbocycles. The van der Waals surface area contributed by atoms with Gasteiger partial charge < -0.3 is 19.8 Å². The van der Waals surface area contributed by atoms with E-state index in [2.05, 4.69) is 47.9 Å². The summed E-state index contributed by atoms with van der Waals surface area (Å²) in [7, 11) is 1.71. The summed E-state index contributed by atoms with van der Waals surface area (Å²) in [6, 6.07) is 12.7. The van der Waals surface area contributed by atoms with Gasteiger partial charge in [0.15, 0.2) is 5.78 Å². The highest BCUT2D eigenvalue weighted by atomic mass is 35.5. The number of benzene rings is 2. The van der Waals surface area contributed by atoms with E-state index in [4.69, 9.17) is 16.3 Å². The van der Waals surface area contributed by atoms with Crippen molar-refractivity contribution in [1.29, 1.82) is 0 Å². The maximum atomic E-state index is 15.1. The molecule has 7 aliphatic rings. The number of anilines is 1. The quantitative estimate of drug-likeness (QED) is 0.305. The molecule has 8 atom stereocenters. The van der Waals surface area contributed by atoms with E-state index in [1.807, 2.05) is 18.2 Å². The number of allylic oxidation sites excluding steroid dienone is 4. The van der Waals surface area contributed by atoms with Gasteiger partial charge in [0.05, 0.1) is 24.5 Å². The summed E-state index contributed by atoms with van der Waals surface area (Å²) < 4.78 is 20.7. The van der Waals surface area contributed by atoms with Gasteiger partial charge in [0.1, 0.15) is 11.6 Å². The second-order valence-corrected chi connectivity index (χ2v) is 17.0. The molecule has 0 radical (unpaired) electrons. The Hall–Kier alpha value is -2.71. The van der Waals surface area contributed by atoms with Crippen molar-refractivity contribution in [2.45, 2.75) is 76.9 Å². The molecule has 49 heavy (non-hydrogen) atoms. The van der Waals surface area contributed by atoms with E-state index >= 15 is 4.39 Å². The minimum Gasteiger partial charge on any atom is -0.495 e. The highest BCUT2D eigenvalue weighted by Crippen LogP contribution is 2.78. The Labute approximate surface area is 295 Å². The maximum Gasteiger partial charge on any atom is 0.164 e. The molecule has 4 fully saturated rings. The van der Waals surface area contributed by atoms with Crippen LogP contribution in [-0.4, -0.2) is 72.4 Å². The van der Waals surface area contributed by atoms with Gasteiger partial charge in [0.2, 0.25) is 0 Å². The lowest BCUT2D eigenvalue weighted by Gasteiger charge is -2.71. The van der Waals surface area contributed by atoms with Crippen molar-refractivity contribution in [2.75, 3.05) is 44.7 Å². The summed E-state index contributed by atoms with van der Waals surface area (Å²) >= 11 is 6.47. The number of nitrogens with zero attached hydrogens (tertiary/aromatic N) is 2. The number of aliphatic hydroxyl groups excluding tert-OH is 1. The van der Waals surface area contributed by atoms with Crippen LogP contribution in [0.4, 0.5) is 10.1 Å². The number of ether oxygens (including phenoxy) is 1. The normalized spacial score (nSPS) is 39.6. The summed E-state index contributed by atoms with van der Waals surface area (Å²) in [4.78, 5) is 19.5. The van der Waals surface area contributed by atoms with Crippen LogP contribution in [0.25, 0.3) is 0 Å². The largest absolute Gasteiger partial charge is 0.495 e. The Balaban J connectivity index is 1.12. The zero-order valence-electron chi connectivity index (χ0n) is 29.1. The van der Waals surface area contributed by atoms with Gasteiger partial charge in [-0.05, 0) is 86.5 Å². The summed E-state index contributed by atoms with van der Waals surface area (Å²) in [5, 5.41) is 24.1. The lowest BCUT2D eigenvalue weighted by Crippen LogP contribution is -2.67. The van der Waals surface area contributed by atoms with Crippen molar-refractivity contribution in [3.05, 3.63) is 82.7 Å². The number of rotatable bonds is 7. The number of β-amino-alcohol motifs (C(OH)–C–C–N with tert-alkyl or cyclic N) is 1. The average molecular weight is 689 g/mol. The summed E-state index contributed by atoms with van der Waals surface area (Å²) in [6.45, 7) is 8.70. The third-order valence-electron chi connectivity index (χ3n) is 14.7. The molecule has 2 bridgehead atoms. The van der Waals surface area contributed by atoms with E-state index in [1.165, 1.54) is 6.07 Å². The first-order chi connectivity index (χ1) is 23.4. The van der Waals surface area contributed by atoms with Crippen LogP contribution in [0.2, 0.25) is 5.02 Å². The number of piperazine rings is 1. The molecule has 0 aromatic heterocycles. The number of methoxy groups -OCH3 is 1. The average Bonchev–Trinajstić information content (AvgIpc) is 3.36. The maximum absolute atomic E-state index is 15.1. The van der Waals surface area contributed by atoms with Crippen LogP contribution in [0, 0.1) is 39.3 Å². The van der Waals surface area contributed by atoms with Crippen LogP contribution in [0.3, 0.4) is 0 Å². The van der Waals surface area contributed by atoms with Crippen LogP contribution in [0.1, 0.15) is 64.4 Å². The van der Waals surface area contributed by atoms with Gasteiger partial charge in [-0.2, -0.15) is 0 Å². The van der Waals surface area contributed by atoms with Crippen LogP contribution in [0.15, 0.2) is 66.3 Å². The predicted molar refractivity (Wildman–Crippen MR) is 190 cm³/mol. The molecule has 1 saturated heterocycles. The predicted octanol–water partition coefficient (Wildman–Crippen LogP) is 7.01. The van der Waals surface area contributed by atoms with Crippen LogP contribution < -0.4 is 9.64 Å². The lowest BCUT2D eigenvalue weighted by atomic mass is 9.32. The minimum absolute atomic E-state index is 0.0585. The number of hydrogen-bond acceptors (Lipinski definition) is 6. The fourth-order valence-corrected chi connectivity index (χ4v) is 12.3. The Bertz CT molecular complexity index is 1700. The lowest BCUT2D eigenvalue weighted by molar-refractivity contribution is -0.179. The molecule has 2 aromatic carbocycles. The van der Waals surface area contributed by atoms with E-state index < -0.39 is 33.8 Å². The van der Waals surface area contributed by atoms with Gasteiger partial charge in [0, 0.05) is 71.5 Å². The molecule has 2 N–H and O–H groups in total. The number of halogens is 2. The van der Waals surface area contributed by atoms with Gasteiger partial charge in [-0.15, -0.1) is 0 Å². The number of carbonyl (C=O) groups is 1. The first kappa shape index (κ1) is 33.4. The molecule has 6 nitrogen and oxygen atoms in total. The van der Waals surface area contributed by atoms with Gasteiger partial charge in [-0.1, -0.05) is 61.9 Å². The topological polar surface area (TPSA) is 73.2 Å². The SMILES string of the molecule is COc1ccccc1N1CCN(CC2(O)CCC3C45C=CC6(C=C4C(=O)Cc4c(F)cccc4Cl)CC(O)CCC6(C)C5CCC32C)CC1. The Morgan fingerprint density at radius 1 is 0.959 bits per heavy atom. The van der Waals surface area contributed by atoms with Gasteiger partial charge >= 0.3 is 0 Å². The van der Waals surface area contributed by atoms with Crippen LogP contribution in [-0.2, 0) is 11.2 Å². The van der Waals surface area contributed by atoms with E-state index in [0.29, 0.717) is 19.4 Å². The molecule has 8 unspecified atom stereocenters. The molecule has 1 heterocycles. The molecule has 2 aromatic rings. The molecule has 262 valence electrons. The molecular weight excluding hydrogens is 639 g/mol. The highest BCUT2D eigenvalue weighted by Gasteiger charge is 2.74. The van der Waals surface area contributed by atoms with Crippen molar-refractivity contribution in [3.8, 4) is 5.75 Å². The molecule has 8 heteroatoms. The smallest absolute Gasteiger partial charge is 0.164 e. The molecule has 3 saturated carbocycles. The van der Waals surface area contributed by atoms with E-state index in [0.717, 1.165) is 75.3 Å². The van der Waals surface area contributed by atoms with Crippen molar-refractivity contribution in [1.82, 2.24) is 4.90 Å². The van der Waals surface area contributed by atoms with Gasteiger partial charge in [0.25, 0.3) is 0 Å². The van der Waals surface area contributed by atoms with Crippen molar-refractivity contribution in [2.24, 2.45) is 33.5 Å². The number of hydrogen-bond donors (Lipinski definition) is 2. The monoisotopic (exact) mass is 688 g/mol. The Kier molecular flexibility index (Phi) is 7.96. The summed E-state index contributed by atoms with van der Waals surface area (Å²) in [5.41, 5.74) is -0.310. The third-order valence-corrected chi connectivity index (χ3v) is 15.0. The molecule has 1 aliphatic heterocycles. The second kappa shape index (κ2) is 11.7. The summed E-state index contributed by atoms with van der Waals surface area (Å²) in [5.74, 6) is 0.587. The Morgan fingerprint density at radius 2 is 1.67 bits per heavy atom. The molecular formula is C41H50ClFN2O4. The standard InChI is InChI=1S/C41H50ClFN2O4/c1-37-14-11-27(46)24-39(37)17-18-41(29(25-39)33(47)23-28-30(42)7-6-8-31(28)43)35(37)12-15-38(2)36(41)13-16-40(38,48)26-44-19-21-45(22-20-44)32-9-4-5-10-34(32)49-3/h4-10,17-18,25,27,35-36,46,48H,11-16,19-24,26H2,1-3H3. The van der Waals surface area contributed by atoms with E-state index in [1.54, 1.807) is 19.2 Å². The van der Waals surface area contributed by atoms with Crippen molar-refractivity contribution < 1.29 is 24.1 Å². The van der Waals surface area contributed by atoms with Crippen LogP contribution >= 0.6 is 11.6 Å². The van der Waals surface area contributed by atoms with Gasteiger partial charge in [-0.25, -0.2) is 4.39 Å². The summed E-state index contributed by atoms with van der Waals surface area (Å²) in [6.07, 6.45) is 11.9. The highest BCUT2D eigenvalue weighted by molar-refractivity contribution is 6.31. The fraction of sp³-hybridized carbons (Fsp3) is 0.585. The Morgan fingerprint density at radius 3 is 2.43 bits per heavy atom. The number of carbonyl (C=O) groups excluding carboxylic acids is 1. The molecule has 2 spiro atoms. The third kappa shape index (κ3) is 4.71. The number of aliphatic hydroxyl groups is 2. The zero-order chi connectivity index (χ0) is 34.4. The molecule has 0 amide bonds. The number of Topliss-reactive ketones (excluding diaryl/α,β-unsaturated/α-hetero) is 1. The van der Waals surface area contributed by atoms with Gasteiger partial charge in [-0.3, -0.25) is 9.69 Å². The zero-order valence-corrected chi connectivity index (χ0v) is 29.8. The number of para-hydroxylation sites is 2. The minimum atomic E-state index is -0.906. The first-order valence-corrected chi connectivity index (χ1v) is 18.7. The fourth-order valence-electron chi connectivity index (χ4n) is 12.0.